The van der Waals surface area contributed by atoms with Gasteiger partial charge >= 0.3 is 0 Å². The van der Waals surface area contributed by atoms with E-state index in [1.807, 2.05) is 19.1 Å². The van der Waals surface area contributed by atoms with Crippen molar-refractivity contribution in [3.8, 4) is 11.5 Å². The Bertz CT molecular complexity index is 1170. The number of rotatable bonds is 5. The van der Waals surface area contributed by atoms with Gasteiger partial charge in [0.15, 0.2) is 23.0 Å². The number of sulfonamides is 1. The highest BCUT2D eigenvalue weighted by Gasteiger charge is 2.30. The van der Waals surface area contributed by atoms with E-state index in [4.69, 9.17) is 9.47 Å². The normalized spacial score (nSPS) is 16.8. The minimum atomic E-state index is -3.61. The molecule has 29 heavy (non-hydrogen) atoms. The monoisotopic (exact) mass is 416 g/mol. The Morgan fingerprint density at radius 1 is 1.10 bits per heavy atom. The van der Waals surface area contributed by atoms with Crippen molar-refractivity contribution < 1.29 is 17.9 Å². The van der Waals surface area contributed by atoms with Crippen LogP contribution in [0, 0.1) is 12.8 Å². The molecule has 2 aliphatic rings. The third-order valence-corrected chi connectivity index (χ3v) is 6.49. The fourth-order valence-electron chi connectivity index (χ4n) is 3.44. The molecule has 11 heteroatoms. The van der Waals surface area contributed by atoms with Gasteiger partial charge in [0.05, 0.1) is 4.90 Å². The first-order valence-electron chi connectivity index (χ1n) is 9.33. The molecule has 0 amide bonds. The van der Waals surface area contributed by atoms with Crippen molar-refractivity contribution in [3.63, 3.8) is 0 Å². The summed E-state index contributed by atoms with van der Waals surface area (Å²) in [5, 5.41) is 12.6. The van der Waals surface area contributed by atoms with E-state index in [0.717, 1.165) is 24.7 Å². The molecule has 0 radical (unpaired) electrons. The highest BCUT2D eigenvalue weighted by atomic mass is 32.2. The summed E-state index contributed by atoms with van der Waals surface area (Å²) < 4.78 is 40.5. The molecule has 1 N–H and O–H groups in total. The van der Waals surface area contributed by atoms with Crippen LogP contribution in [-0.2, 0) is 10.0 Å². The zero-order valence-corrected chi connectivity index (χ0v) is 16.6. The fraction of sp³-hybridized carbons (Fsp3) is 0.389. The summed E-state index contributed by atoms with van der Waals surface area (Å²) in [6.07, 6.45) is 0. The molecule has 3 aromatic rings. The smallest absolute Gasteiger partial charge is 0.240 e. The number of hydrogen-bond donors (Lipinski definition) is 1. The van der Waals surface area contributed by atoms with Crippen LogP contribution < -0.4 is 19.1 Å². The lowest BCUT2D eigenvalue weighted by Crippen LogP contribution is -2.51. The molecule has 0 bridgehead atoms. The summed E-state index contributed by atoms with van der Waals surface area (Å²) in [6.45, 7) is 4.54. The Morgan fingerprint density at radius 3 is 2.72 bits per heavy atom. The molecule has 5 rings (SSSR count). The van der Waals surface area contributed by atoms with Gasteiger partial charge in [-0.15, -0.1) is 15.3 Å². The predicted octanol–water partition coefficient (Wildman–Crippen LogP) is 0.619. The minimum absolute atomic E-state index is 0.174. The molecule has 1 fully saturated rings. The van der Waals surface area contributed by atoms with E-state index >= 15 is 0 Å². The van der Waals surface area contributed by atoms with Crippen molar-refractivity contribution in [1.29, 1.82) is 0 Å². The zero-order chi connectivity index (χ0) is 20.0. The fourth-order valence-corrected chi connectivity index (χ4v) is 4.57. The van der Waals surface area contributed by atoms with E-state index in [0.29, 0.717) is 36.9 Å². The number of nitrogens with one attached hydrogen (secondary N) is 1. The third-order valence-electron chi connectivity index (χ3n) is 5.07. The van der Waals surface area contributed by atoms with Gasteiger partial charge in [0.25, 0.3) is 0 Å². The molecule has 0 saturated carbocycles. The van der Waals surface area contributed by atoms with Gasteiger partial charge in [0.1, 0.15) is 19.0 Å². The van der Waals surface area contributed by atoms with Gasteiger partial charge in [-0.2, -0.15) is 4.52 Å². The standard InChI is InChI=1S/C18H20N6O4S/c1-12-20-21-17-4-5-18(22-24(12)17)23-10-13(11-23)9-19-29(25,26)14-2-3-15-16(8-14)28-7-6-27-15/h2-5,8,13,19H,6-7,9-11H2,1H3. The van der Waals surface area contributed by atoms with Crippen molar-refractivity contribution in [3.05, 3.63) is 36.2 Å². The predicted molar refractivity (Wildman–Crippen MR) is 104 cm³/mol. The van der Waals surface area contributed by atoms with Crippen LogP contribution in [0.15, 0.2) is 35.2 Å². The molecule has 2 aromatic heterocycles. The molecular weight excluding hydrogens is 396 g/mol. The number of hydrogen-bond acceptors (Lipinski definition) is 8. The van der Waals surface area contributed by atoms with Gasteiger partial charge in [0, 0.05) is 31.6 Å². The molecule has 10 nitrogen and oxygen atoms in total. The molecule has 2 aliphatic heterocycles. The first-order valence-corrected chi connectivity index (χ1v) is 10.8. The first-order chi connectivity index (χ1) is 14.0. The number of ether oxygens (including phenoxy) is 2. The maximum atomic E-state index is 12.6. The topological polar surface area (TPSA) is 111 Å². The van der Waals surface area contributed by atoms with Crippen molar-refractivity contribution >= 4 is 21.5 Å². The van der Waals surface area contributed by atoms with Gasteiger partial charge in [0.2, 0.25) is 10.0 Å². The number of anilines is 1. The number of aromatic nitrogens is 4. The van der Waals surface area contributed by atoms with E-state index in [1.54, 1.807) is 10.6 Å². The van der Waals surface area contributed by atoms with E-state index in [2.05, 4.69) is 24.9 Å². The van der Waals surface area contributed by atoms with Gasteiger partial charge < -0.3 is 14.4 Å². The zero-order valence-electron chi connectivity index (χ0n) is 15.8. The molecule has 0 spiro atoms. The van der Waals surface area contributed by atoms with Crippen molar-refractivity contribution in [2.75, 3.05) is 37.7 Å². The van der Waals surface area contributed by atoms with Crippen LogP contribution in [0.2, 0.25) is 0 Å². The minimum Gasteiger partial charge on any atom is -0.486 e. The van der Waals surface area contributed by atoms with Crippen molar-refractivity contribution in [2.45, 2.75) is 11.8 Å². The molecule has 0 atom stereocenters. The van der Waals surface area contributed by atoms with Crippen LogP contribution in [0.3, 0.4) is 0 Å². The maximum absolute atomic E-state index is 12.6. The summed E-state index contributed by atoms with van der Waals surface area (Å²) in [7, 11) is -3.61. The molecule has 0 unspecified atom stereocenters. The number of nitrogens with zero attached hydrogens (tertiary/aromatic N) is 5. The molecule has 0 aliphatic carbocycles. The van der Waals surface area contributed by atoms with Crippen LogP contribution in [0.25, 0.3) is 5.65 Å². The molecular formula is C18H20N6O4S. The van der Waals surface area contributed by atoms with Crippen LogP contribution >= 0.6 is 0 Å². The second-order valence-corrected chi connectivity index (χ2v) is 8.90. The second-order valence-electron chi connectivity index (χ2n) is 7.14. The Balaban J connectivity index is 1.20. The summed E-state index contributed by atoms with van der Waals surface area (Å²) >= 11 is 0. The van der Waals surface area contributed by atoms with Gasteiger partial charge in [-0.25, -0.2) is 13.1 Å². The maximum Gasteiger partial charge on any atom is 0.240 e. The van der Waals surface area contributed by atoms with Gasteiger partial charge in [-0.05, 0) is 31.2 Å². The largest absolute Gasteiger partial charge is 0.486 e. The molecule has 152 valence electrons. The lowest BCUT2D eigenvalue weighted by atomic mass is 10.0. The second kappa shape index (κ2) is 6.85. The van der Waals surface area contributed by atoms with Crippen molar-refractivity contribution in [1.82, 2.24) is 24.5 Å². The number of aryl methyl sites for hydroxylation is 1. The van der Waals surface area contributed by atoms with Crippen LogP contribution in [0.5, 0.6) is 11.5 Å². The third kappa shape index (κ3) is 3.36. The Morgan fingerprint density at radius 2 is 1.90 bits per heavy atom. The van der Waals surface area contributed by atoms with Crippen LogP contribution in [-0.4, -0.2) is 61.1 Å². The van der Waals surface area contributed by atoms with E-state index in [9.17, 15) is 8.42 Å². The van der Waals surface area contributed by atoms with E-state index in [-0.39, 0.29) is 10.8 Å². The SMILES string of the molecule is Cc1nnc2ccc(N3CC(CNS(=O)(=O)c4ccc5c(c4)OCCO5)C3)nn12. The summed E-state index contributed by atoms with van der Waals surface area (Å²) in [5.74, 6) is 2.79. The Kier molecular flexibility index (Phi) is 4.28. The van der Waals surface area contributed by atoms with E-state index in [1.165, 1.54) is 12.1 Å². The lowest BCUT2D eigenvalue weighted by Gasteiger charge is -2.40. The number of benzene rings is 1. The summed E-state index contributed by atoms with van der Waals surface area (Å²) in [4.78, 5) is 2.27. The van der Waals surface area contributed by atoms with Crippen LogP contribution in [0.1, 0.15) is 5.82 Å². The quantitative estimate of drug-likeness (QED) is 0.644. The van der Waals surface area contributed by atoms with Gasteiger partial charge in [-0.1, -0.05) is 0 Å². The van der Waals surface area contributed by atoms with Crippen molar-refractivity contribution in [2.24, 2.45) is 5.92 Å². The lowest BCUT2D eigenvalue weighted by molar-refractivity contribution is 0.171. The average molecular weight is 416 g/mol. The van der Waals surface area contributed by atoms with Crippen LogP contribution in [0.4, 0.5) is 5.82 Å². The Labute approximate surface area is 167 Å². The summed E-state index contributed by atoms with van der Waals surface area (Å²) in [6, 6.07) is 8.44. The number of fused-ring (bicyclic) bond motifs is 2. The Hall–Kier alpha value is -2.92. The van der Waals surface area contributed by atoms with Gasteiger partial charge in [-0.3, -0.25) is 0 Å². The molecule has 4 heterocycles. The summed E-state index contributed by atoms with van der Waals surface area (Å²) in [5.41, 5.74) is 0.704. The van der Waals surface area contributed by atoms with E-state index < -0.39 is 10.0 Å². The highest BCUT2D eigenvalue weighted by Crippen LogP contribution is 2.32. The average Bonchev–Trinajstić information content (AvgIpc) is 3.07. The first kappa shape index (κ1) is 18.1. The molecule has 1 aromatic carbocycles. The molecule has 1 saturated heterocycles. The highest BCUT2D eigenvalue weighted by molar-refractivity contribution is 7.89.